The van der Waals surface area contributed by atoms with E-state index < -0.39 is 0 Å². The zero-order valence-electron chi connectivity index (χ0n) is 14.6. The van der Waals surface area contributed by atoms with Gasteiger partial charge in [0.2, 0.25) is 5.91 Å². The molecule has 1 unspecified atom stereocenters. The number of carbonyl (C=O) groups excluding carboxylic acids is 1. The van der Waals surface area contributed by atoms with Gasteiger partial charge in [0, 0.05) is 38.3 Å². The van der Waals surface area contributed by atoms with E-state index in [9.17, 15) is 4.79 Å². The monoisotopic (exact) mass is 327 g/mol. The summed E-state index contributed by atoms with van der Waals surface area (Å²) in [6.07, 6.45) is 2.53. The highest BCUT2D eigenvalue weighted by molar-refractivity contribution is 5.81. The van der Waals surface area contributed by atoms with Gasteiger partial charge in [-0.25, -0.2) is 0 Å². The molecule has 6 heteroatoms. The van der Waals surface area contributed by atoms with Crippen molar-refractivity contribution in [1.82, 2.24) is 20.1 Å². The molecule has 0 spiro atoms. The van der Waals surface area contributed by atoms with Crippen molar-refractivity contribution in [2.75, 3.05) is 25.0 Å². The van der Waals surface area contributed by atoms with Crippen LogP contribution in [0.5, 0.6) is 0 Å². The number of rotatable bonds is 5. The number of aromatic nitrogens is 3. The van der Waals surface area contributed by atoms with Gasteiger partial charge in [0.15, 0.2) is 0 Å². The van der Waals surface area contributed by atoms with Gasteiger partial charge < -0.3 is 14.8 Å². The van der Waals surface area contributed by atoms with Crippen LogP contribution in [0.4, 0.5) is 5.69 Å². The van der Waals surface area contributed by atoms with Crippen molar-refractivity contribution in [3.05, 3.63) is 42.0 Å². The summed E-state index contributed by atoms with van der Waals surface area (Å²) < 4.78 is 2.01. The summed E-state index contributed by atoms with van der Waals surface area (Å²) in [7, 11) is 2.05. The lowest BCUT2D eigenvalue weighted by Gasteiger charge is -2.32. The Morgan fingerprint density at radius 1 is 1.38 bits per heavy atom. The van der Waals surface area contributed by atoms with Crippen LogP contribution in [0.25, 0.3) is 0 Å². The van der Waals surface area contributed by atoms with Gasteiger partial charge in [-0.15, -0.1) is 10.2 Å². The Hall–Kier alpha value is -2.37. The fraction of sp³-hybridized carbons (Fsp3) is 0.500. The van der Waals surface area contributed by atoms with E-state index in [4.69, 9.17) is 0 Å². The molecule has 0 saturated heterocycles. The molecule has 24 heavy (non-hydrogen) atoms. The van der Waals surface area contributed by atoms with Gasteiger partial charge in [-0.3, -0.25) is 4.79 Å². The number of para-hydroxylation sites is 1. The lowest BCUT2D eigenvalue weighted by atomic mass is 9.92. The number of carbonyl (C=O) groups is 1. The van der Waals surface area contributed by atoms with Gasteiger partial charge in [0.1, 0.15) is 12.2 Å². The summed E-state index contributed by atoms with van der Waals surface area (Å²) in [6.45, 7) is 6.24. The Kier molecular flexibility index (Phi) is 4.83. The number of amides is 1. The molecule has 1 aromatic heterocycles. The summed E-state index contributed by atoms with van der Waals surface area (Å²) in [5.74, 6) is 1.40. The third-order valence-electron chi connectivity index (χ3n) is 4.55. The summed E-state index contributed by atoms with van der Waals surface area (Å²) in [6, 6.07) is 8.30. The molecular weight excluding hydrogens is 302 g/mol. The minimum atomic E-state index is -0.00428. The lowest BCUT2D eigenvalue weighted by Crippen LogP contribution is -2.42. The van der Waals surface area contributed by atoms with Crippen LogP contribution in [0, 0.1) is 5.92 Å². The minimum Gasteiger partial charge on any atom is -0.374 e. The molecule has 2 aromatic rings. The topological polar surface area (TPSA) is 63.1 Å². The second-order valence-electron chi connectivity index (χ2n) is 6.74. The number of hydrogen-bond donors (Lipinski definition) is 1. The third-order valence-corrected chi connectivity index (χ3v) is 4.55. The van der Waals surface area contributed by atoms with Crippen LogP contribution in [-0.2, 0) is 17.8 Å². The molecule has 2 heterocycles. The van der Waals surface area contributed by atoms with Crippen molar-refractivity contribution < 1.29 is 4.79 Å². The van der Waals surface area contributed by atoms with E-state index in [2.05, 4.69) is 46.4 Å². The zero-order chi connectivity index (χ0) is 17.1. The van der Waals surface area contributed by atoms with Crippen LogP contribution in [0.1, 0.15) is 31.2 Å². The number of benzene rings is 1. The normalized spacial score (nSPS) is 17.0. The highest BCUT2D eigenvalue weighted by Gasteiger charge is 2.27. The smallest absolute Gasteiger partial charge is 0.225 e. The molecule has 0 saturated carbocycles. The predicted octanol–water partition coefficient (Wildman–Crippen LogP) is 1.83. The highest BCUT2D eigenvalue weighted by atomic mass is 16.1. The van der Waals surface area contributed by atoms with Gasteiger partial charge >= 0.3 is 0 Å². The molecule has 6 nitrogen and oxygen atoms in total. The van der Waals surface area contributed by atoms with Gasteiger partial charge in [-0.2, -0.15) is 0 Å². The van der Waals surface area contributed by atoms with Gasteiger partial charge in [0.05, 0.1) is 5.92 Å². The van der Waals surface area contributed by atoms with Crippen molar-refractivity contribution in [3.8, 4) is 0 Å². The first-order valence-corrected chi connectivity index (χ1v) is 8.50. The zero-order valence-corrected chi connectivity index (χ0v) is 14.6. The Labute approximate surface area is 142 Å². The van der Waals surface area contributed by atoms with E-state index in [0.29, 0.717) is 19.0 Å². The van der Waals surface area contributed by atoms with E-state index in [1.807, 2.05) is 23.7 Å². The molecule has 0 radical (unpaired) electrons. The van der Waals surface area contributed by atoms with E-state index in [0.717, 1.165) is 18.8 Å². The first-order chi connectivity index (χ1) is 11.6. The fourth-order valence-corrected chi connectivity index (χ4v) is 3.32. The molecule has 1 N–H and O–H groups in total. The Morgan fingerprint density at radius 2 is 2.17 bits per heavy atom. The maximum absolute atomic E-state index is 12.5. The number of nitrogens with one attached hydrogen (secondary N) is 1. The van der Waals surface area contributed by atoms with Crippen LogP contribution in [-0.4, -0.2) is 40.8 Å². The molecule has 0 bridgehead atoms. The largest absolute Gasteiger partial charge is 0.374 e. The van der Waals surface area contributed by atoms with E-state index in [-0.39, 0.29) is 11.8 Å². The van der Waals surface area contributed by atoms with Crippen LogP contribution in [0.2, 0.25) is 0 Å². The summed E-state index contributed by atoms with van der Waals surface area (Å²) >= 11 is 0. The maximum atomic E-state index is 12.5. The summed E-state index contributed by atoms with van der Waals surface area (Å²) in [5, 5.41) is 11.2. The molecule has 1 aliphatic rings. The average Bonchev–Trinajstić information content (AvgIpc) is 3.03. The second-order valence-corrected chi connectivity index (χ2v) is 6.74. The van der Waals surface area contributed by atoms with Crippen LogP contribution >= 0.6 is 0 Å². The van der Waals surface area contributed by atoms with Crippen molar-refractivity contribution in [1.29, 1.82) is 0 Å². The van der Waals surface area contributed by atoms with Gasteiger partial charge in [0.25, 0.3) is 0 Å². The Balaban J connectivity index is 1.55. The van der Waals surface area contributed by atoms with Crippen molar-refractivity contribution in [2.45, 2.75) is 32.7 Å². The number of hydrogen-bond acceptors (Lipinski definition) is 4. The van der Waals surface area contributed by atoms with Crippen LogP contribution in [0.3, 0.4) is 0 Å². The van der Waals surface area contributed by atoms with E-state index in [1.54, 1.807) is 6.33 Å². The third kappa shape index (κ3) is 3.42. The van der Waals surface area contributed by atoms with Crippen molar-refractivity contribution in [3.63, 3.8) is 0 Å². The molecule has 3 rings (SSSR count). The first kappa shape index (κ1) is 16.5. The predicted molar refractivity (Wildman–Crippen MR) is 94.0 cm³/mol. The highest BCUT2D eigenvalue weighted by Crippen LogP contribution is 2.28. The molecule has 1 atom stereocenters. The van der Waals surface area contributed by atoms with Gasteiger partial charge in [-0.05, 0) is 18.1 Å². The number of fused-ring (bicyclic) bond motifs is 1. The second kappa shape index (κ2) is 7.03. The fourth-order valence-electron chi connectivity index (χ4n) is 3.32. The molecule has 0 fully saturated rings. The Morgan fingerprint density at radius 3 is 2.96 bits per heavy atom. The summed E-state index contributed by atoms with van der Waals surface area (Å²) in [5.41, 5.74) is 2.47. The quantitative estimate of drug-likeness (QED) is 0.910. The molecule has 0 aliphatic carbocycles. The summed E-state index contributed by atoms with van der Waals surface area (Å²) in [4.78, 5) is 14.7. The lowest BCUT2D eigenvalue weighted by molar-refractivity contribution is -0.124. The molecule has 1 aliphatic heterocycles. The number of anilines is 1. The van der Waals surface area contributed by atoms with E-state index >= 15 is 0 Å². The maximum Gasteiger partial charge on any atom is 0.225 e. The van der Waals surface area contributed by atoms with Crippen LogP contribution < -0.4 is 10.2 Å². The van der Waals surface area contributed by atoms with Gasteiger partial charge in [-0.1, -0.05) is 32.0 Å². The molecule has 1 aromatic carbocycles. The molecule has 1 amide bonds. The first-order valence-electron chi connectivity index (χ1n) is 8.50. The molecular formula is C18H25N5O. The van der Waals surface area contributed by atoms with Crippen molar-refractivity contribution in [2.24, 2.45) is 5.92 Å². The van der Waals surface area contributed by atoms with Crippen molar-refractivity contribution >= 4 is 11.6 Å². The standard InChI is InChI=1S/C18H25N5O/c1-13(2)17-21-20-12-23(17)9-8-19-18(24)15-10-14-6-4-5-7-16(14)22(3)11-15/h4-7,12-13,15H,8-11H2,1-3H3,(H,19,24). The Bertz CT molecular complexity index is 709. The van der Waals surface area contributed by atoms with Crippen LogP contribution in [0.15, 0.2) is 30.6 Å². The number of nitrogens with zero attached hydrogens (tertiary/aromatic N) is 4. The average molecular weight is 327 g/mol. The van der Waals surface area contributed by atoms with E-state index in [1.165, 1.54) is 11.3 Å². The minimum absolute atomic E-state index is 0.00428. The SMILES string of the molecule is CC(C)c1nncn1CCNC(=O)C1Cc2ccccc2N(C)C1. The molecule has 128 valence electrons.